The number of nitrogens with one attached hydrogen (secondary N) is 2. The van der Waals surface area contributed by atoms with Crippen LogP contribution in [0.15, 0.2) is 12.1 Å². The number of anilines is 1. The van der Waals surface area contributed by atoms with Crippen LogP contribution < -0.4 is 20.3 Å². The maximum atomic E-state index is 12.9. The molecule has 4 aliphatic heterocycles. The van der Waals surface area contributed by atoms with Crippen LogP contribution in [0, 0.1) is 0 Å². The Kier molecular flexibility index (Phi) is 3.43. The Labute approximate surface area is 150 Å². The van der Waals surface area contributed by atoms with Crippen LogP contribution in [-0.4, -0.2) is 60.9 Å². The van der Waals surface area contributed by atoms with E-state index in [1.54, 1.807) is 4.90 Å². The average molecular weight is 356 g/mol. The summed E-state index contributed by atoms with van der Waals surface area (Å²) < 4.78 is 6.05. The van der Waals surface area contributed by atoms with Gasteiger partial charge >= 0.3 is 0 Å². The van der Waals surface area contributed by atoms with Gasteiger partial charge in [-0.1, -0.05) is 0 Å². The number of imide groups is 1. The van der Waals surface area contributed by atoms with Crippen molar-refractivity contribution in [3.05, 3.63) is 23.3 Å². The number of piperazine rings is 1. The number of carbonyl (C=O) groups excluding carboxylic acids is 3. The molecule has 5 rings (SSSR count). The Bertz CT molecular complexity index is 824. The summed E-state index contributed by atoms with van der Waals surface area (Å²) in [6.45, 7) is 3.65. The molecule has 8 nitrogen and oxygen atoms in total. The number of carbonyl (C=O) groups is 3. The fourth-order valence-electron chi connectivity index (χ4n) is 4.39. The van der Waals surface area contributed by atoms with Gasteiger partial charge in [0.1, 0.15) is 18.4 Å². The van der Waals surface area contributed by atoms with Crippen molar-refractivity contribution in [3.8, 4) is 5.75 Å². The van der Waals surface area contributed by atoms with Gasteiger partial charge in [0.2, 0.25) is 11.8 Å². The number of benzene rings is 1. The summed E-state index contributed by atoms with van der Waals surface area (Å²) in [5.41, 5.74) is 2.48. The third-order valence-electron chi connectivity index (χ3n) is 5.73. The van der Waals surface area contributed by atoms with E-state index < -0.39 is 6.04 Å². The predicted molar refractivity (Wildman–Crippen MR) is 92.0 cm³/mol. The van der Waals surface area contributed by atoms with Crippen molar-refractivity contribution < 1.29 is 19.1 Å². The third kappa shape index (κ3) is 2.21. The predicted octanol–water partition coefficient (Wildman–Crippen LogP) is -0.382. The second-order valence-corrected chi connectivity index (χ2v) is 7.20. The molecule has 136 valence electrons. The molecule has 1 aromatic rings. The van der Waals surface area contributed by atoms with Gasteiger partial charge in [0.05, 0.1) is 18.3 Å². The van der Waals surface area contributed by atoms with Gasteiger partial charge in [-0.2, -0.15) is 0 Å². The molecule has 0 spiro atoms. The molecule has 2 N–H and O–H groups in total. The lowest BCUT2D eigenvalue weighted by atomic mass is 10.0. The Balaban J connectivity index is 1.48. The minimum atomic E-state index is -0.598. The standard InChI is InChI=1S/C18H20N4O4/c23-15-4-3-14(17(24)20-15)22-8-12-11(18(22)25)1-2-13-16(12)26-9-10-7-19-5-6-21(10)13/h1-2,10,14,19H,3-9H2,(H,20,23,24)/t10?,14-/m0/s1. The molecule has 2 saturated heterocycles. The maximum Gasteiger partial charge on any atom is 0.255 e. The summed E-state index contributed by atoms with van der Waals surface area (Å²) in [5.74, 6) is -0.0626. The molecule has 1 aromatic carbocycles. The number of ether oxygens (including phenoxy) is 1. The third-order valence-corrected chi connectivity index (χ3v) is 5.73. The molecule has 0 aliphatic carbocycles. The van der Waals surface area contributed by atoms with E-state index in [0.717, 1.165) is 36.6 Å². The van der Waals surface area contributed by atoms with E-state index in [1.165, 1.54) is 0 Å². The fourth-order valence-corrected chi connectivity index (χ4v) is 4.39. The molecule has 4 aliphatic rings. The molecule has 0 radical (unpaired) electrons. The molecular weight excluding hydrogens is 336 g/mol. The highest BCUT2D eigenvalue weighted by Crippen LogP contribution is 2.43. The second kappa shape index (κ2) is 5.70. The normalized spacial score (nSPS) is 27.5. The minimum Gasteiger partial charge on any atom is -0.489 e. The molecule has 4 heterocycles. The molecule has 2 atom stereocenters. The zero-order valence-corrected chi connectivity index (χ0v) is 14.3. The summed E-state index contributed by atoms with van der Waals surface area (Å²) in [6, 6.07) is 3.50. The summed E-state index contributed by atoms with van der Waals surface area (Å²) in [6.07, 6.45) is 0.626. The van der Waals surface area contributed by atoms with E-state index in [-0.39, 0.29) is 24.1 Å². The zero-order chi connectivity index (χ0) is 17.8. The number of fused-ring (bicyclic) bond motifs is 5. The van der Waals surface area contributed by atoms with Crippen LogP contribution in [0.2, 0.25) is 0 Å². The lowest BCUT2D eigenvalue weighted by molar-refractivity contribution is -0.136. The van der Waals surface area contributed by atoms with Gasteiger partial charge in [-0.05, 0) is 18.6 Å². The first-order valence-electron chi connectivity index (χ1n) is 9.04. The molecule has 8 heteroatoms. The van der Waals surface area contributed by atoms with Crippen LogP contribution in [0.25, 0.3) is 0 Å². The Morgan fingerprint density at radius 1 is 1.15 bits per heavy atom. The first kappa shape index (κ1) is 15.6. The van der Waals surface area contributed by atoms with Crippen LogP contribution >= 0.6 is 0 Å². The van der Waals surface area contributed by atoms with Crippen LogP contribution in [0.4, 0.5) is 5.69 Å². The highest BCUT2D eigenvalue weighted by Gasteiger charge is 2.42. The van der Waals surface area contributed by atoms with Crippen LogP contribution in [0.5, 0.6) is 5.75 Å². The maximum absolute atomic E-state index is 12.9. The Morgan fingerprint density at radius 2 is 2.04 bits per heavy atom. The topological polar surface area (TPSA) is 91.0 Å². The highest BCUT2D eigenvalue weighted by molar-refractivity contribution is 6.06. The Morgan fingerprint density at radius 3 is 2.88 bits per heavy atom. The zero-order valence-electron chi connectivity index (χ0n) is 14.3. The van der Waals surface area contributed by atoms with Crippen molar-refractivity contribution >= 4 is 23.4 Å². The van der Waals surface area contributed by atoms with Gasteiger partial charge in [0.25, 0.3) is 5.91 Å². The van der Waals surface area contributed by atoms with Gasteiger partial charge in [-0.3, -0.25) is 19.7 Å². The van der Waals surface area contributed by atoms with Crippen LogP contribution in [0.1, 0.15) is 28.8 Å². The quantitative estimate of drug-likeness (QED) is 0.667. The van der Waals surface area contributed by atoms with Gasteiger partial charge < -0.3 is 19.9 Å². The van der Waals surface area contributed by atoms with Gasteiger partial charge in [-0.15, -0.1) is 0 Å². The first-order valence-corrected chi connectivity index (χ1v) is 9.04. The molecule has 1 unspecified atom stereocenters. The number of rotatable bonds is 1. The van der Waals surface area contributed by atoms with E-state index in [4.69, 9.17) is 4.74 Å². The van der Waals surface area contributed by atoms with E-state index >= 15 is 0 Å². The van der Waals surface area contributed by atoms with E-state index in [0.29, 0.717) is 31.2 Å². The van der Waals surface area contributed by atoms with Crippen molar-refractivity contribution in [1.29, 1.82) is 0 Å². The Hall–Kier alpha value is -2.61. The lowest BCUT2D eigenvalue weighted by Crippen LogP contribution is -2.55. The average Bonchev–Trinajstić information content (AvgIpc) is 2.98. The van der Waals surface area contributed by atoms with Crippen molar-refractivity contribution in [1.82, 2.24) is 15.5 Å². The van der Waals surface area contributed by atoms with Gasteiger partial charge in [0.15, 0.2) is 0 Å². The number of nitrogens with zero attached hydrogens (tertiary/aromatic N) is 2. The molecule has 26 heavy (non-hydrogen) atoms. The molecule has 0 bridgehead atoms. The van der Waals surface area contributed by atoms with E-state index in [2.05, 4.69) is 15.5 Å². The van der Waals surface area contributed by atoms with Crippen molar-refractivity contribution in [2.45, 2.75) is 31.5 Å². The van der Waals surface area contributed by atoms with E-state index in [1.807, 2.05) is 12.1 Å². The number of hydrogen-bond acceptors (Lipinski definition) is 6. The largest absolute Gasteiger partial charge is 0.489 e. The number of piperidine rings is 1. The molecule has 2 fully saturated rings. The van der Waals surface area contributed by atoms with Crippen LogP contribution in [-0.2, 0) is 16.1 Å². The smallest absolute Gasteiger partial charge is 0.255 e. The SMILES string of the molecule is O=C1CC[C@H](N2Cc3c(ccc4c3OCC3CNCCN43)C2=O)C(=O)N1. The first-order chi connectivity index (χ1) is 12.6. The molecular formula is C18H20N4O4. The summed E-state index contributed by atoms with van der Waals surface area (Å²) >= 11 is 0. The molecule has 0 saturated carbocycles. The van der Waals surface area contributed by atoms with E-state index in [9.17, 15) is 14.4 Å². The lowest BCUT2D eigenvalue weighted by Gasteiger charge is -2.42. The van der Waals surface area contributed by atoms with Crippen molar-refractivity contribution in [2.24, 2.45) is 0 Å². The summed E-state index contributed by atoms with van der Waals surface area (Å²) in [5, 5.41) is 5.71. The van der Waals surface area contributed by atoms with Crippen LogP contribution in [0.3, 0.4) is 0 Å². The molecule has 0 aromatic heterocycles. The fraction of sp³-hybridized carbons (Fsp3) is 0.500. The highest BCUT2D eigenvalue weighted by atomic mass is 16.5. The number of hydrogen-bond donors (Lipinski definition) is 2. The summed E-state index contributed by atoms with van der Waals surface area (Å²) in [7, 11) is 0. The van der Waals surface area contributed by atoms with Gasteiger partial charge in [0, 0.05) is 37.2 Å². The summed E-state index contributed by atoms with van der Waals surface area (Å²) in [4.78, 5) is 40.4. The van der Waals surface area contributed by atoms with Gasteiger partial charge in [-0.25, -0.2) is 0 Å². The monoisotopic (exact) mass is 356 g/mol. The second-order valence-electron chi connectivity index (χ2n) is 7.20. The minimum absolute atomic E-state index is 0.164. The number of amides is 3. The van der Waals surface area contributed by atoms with Crippen molar-refractivity contribution in [3.63, 3.8) is 0 Å². The van der Waals surface area contributed by atoms with Crippen molar-refractivity contribution in [2.75, 3.05) is 31.1 Å². The molecule has 3 amide bonds.